The number of carboxylic acids is 2. The summed E-state index contributed by atoms with van der Waals surface area (Å²) in [5.74, 6) is -5.35. The van der Waals surface area contributed by atoms with Crippen molar-refractivity contribution in [1.29, 1.82) is 0 Å². The van der Waals surface area contributed by atoms with E-state index in [9.17, 15) is 19.2 Å². The normalized spacial score (nSPS) is 11.6. The molecule has 0 saturated carbocycles. The fraction of sp³-hybridized carbons (Fsp3) is 0.556. The summed E-state index contributed by atoms with van der Waals surface area (Å²) in [7, 11) is 0. The first kappa shape index (κ1) is 15.0. The highest BCUT2D eigenvalue weighted by molar-refractivity contribution is 6.00. The van der Waals surface area contributed by atoms with Gasteiger partial charge in [-0.1, -0.05) is 0 Å². The smallest absolute Gasteiger partial charge is 0.314 e. The SMILES string of the molecule is NCC(=O)NCC(=O)C(CCC(=O)O)C(=O)O. The predicted molar refractivity (Wildman–Crippen MR) is 55.1 cm³/mol. The van der Waals surface area contributed by atoms with E-state index in [1.54, 1.807) is 0 Å². The predicted octanol–water partition coefficient (Wildman–Crippen LogP) is -1.80. The summed E-state index contributed by atoms with van der Waals surface area (Å²) in [6.45, 7) is -0.771. The first-order valence-electron chi connectivity index (χ1n) is 4.82. The van der Waals surface area contributed by atoms with Gasteiger partial charge in [0.05, 0.1) is 13.1 Å². The minimum Gasteiger partial charge on any atom is -0.481 e. The molecule has 0 aliphatic heterocycles. The molecule has 0 aliphatic rings. The van der Waals surface area contributed by atoms with Crippen molar-refractivity contribution >= 4 is 23.6 Å². The Morgan fingerprint density at radius 2 is 1.76 bits per heavy atom. The Bertz CT molecular complexity index is 327. The third-order valence-corrected chi connectivity index (χ3v) is 1.98. The van der Waals surface area contributed by atoms with Gasteiger partial charge in [-0.3, -0.25) is 19.2 Å². The van der Waals surface area contributed by atoms with E-state index in [0.29, 0.717) is 0 Å². The summed E-state index contributed by atoms with van der Waals surface area (Å²) in [5.41, 5.74) is 4.98. The second-order valence-corrected chi connectivity index (χ2v) is 3.27. The molecule has 0 aliphatic carbocycles. The molecule has 0 spiro atoms. The molecule has 0 fully saturated rings. The summed E-state index contributed by atoms with van der Waals surface area (Å²) >= 11 is 0. The molecule has 0 aromatic carbocycles. The van der Waals surface area contributed by atoms with Crippen molar-refractivity contribution < 1.29 is 29.4 Å². The Labute approximate surface area is 96.8 Å². The number of hydrogen-bond donors (Lipinski definition) is 4. The molecular formula is C9H14N2O6. The van der Waals surface area contributed by atoms with Crippen LogP contribution in [0.5, 0.6) is 0 Å². The second-order valence-electron chi connectivity index (χ2n) is 3.27. The molecule has 0 radical (unpaired) electrons. The first-order valence-corrected chi connectivity index (χ1v) is 4.82. The topological polar surface area (TPSA) is 147 Å². The minimum atomic E-state index is -1.43. The number of Topliss-reactive ketones (excluding diaryl/α,β-unsaturated/α-hetero) is 1. The van der Waals surface area contributed by atoms with E-state index in [4.69, 9.17) is 15.9 Å². The first-order chi connectivity index (χ1) is 7.88. The van der Waals surface area contributed by atoms with Crippen molar-refractivity contribution in [3.05, 3.63) is 0 Å². The van der Waals surface area contributed by atoms with E-state index >= 15 is 0 Å². The number of carbonyl (C=O) groups excluding carboxylic acids is 2. The summed E-state index contributed by atoms with van der Waals surface area (Å²) in [6, 6.07) is 0. The van der Waals surface area contributed by atoms with Gasteiger partial charge in [-0.25, -0.2) is 0 Å². The van der Waals surface area contributed by atoms with Gasteiger partial charge in [-0.15, -0.1) is 0 Å². The van der Waals surface area contributed by atoms with Crippen LogP contribution in [0.1, 0.15) is 12.8 Å². The Kier molecular flexibility index (Phi) is 6.49. The van der Waals surface area contributed by atoms with E-state index in [2.05, 4.69) is 5.32 Å². The lowest BCUT2D eigenvalue weighted by molar-refractivity contribution is -0.147. The maximum absolute atomic E-state index is 11.4. The van der Waals surface area contributed by atoms with Gasteiger partial charge in [0.2, 0.25) is 5.91 Å². The maximum atomic E-state index is 11.4. The highest BCUT2D eigenvalue weighted by Gasteiger charge is 2.26. The number of ketones is 1. The molecule has 0 rings (SSSR count). The van der Waals surface area contributed by atoms with Crippen molar-refractivity contribution in [1.82, 2.24) is 5.32 Å². The molecule has 1 atom stereocenters. The van der Waals surface area contributed by atoms with E-state index in [0.717, 1.165) is 0 Å². The van der Waals surface area contributed by atoms with Gasteiger partial charge in [0.15, 0.2) is 5.78 Å². The summed E-state index contributed by atoms with van der Waals surface area (Å²) in [4.78, 5) is 43.1. The number of carbonyl (C=O) groups is 4. The zero-order valence-corrected chi connectivity index (χ0v) is 9.01. The standard InChI is InChI=1S/C9H14N2O6/c10-3-7(13)11-4-6(12)5(9(16)17)1-2-8(14)15/h5H,1-4,10H2,(H,11,13)(H,14,15)(H,16,17). The molecule has 8 heteroatoms. The second kappa shape index (κ2) is 7.34. The zero-order chi connectivity index (χ0) is 13.4. The fourth-order valence-corrected chi connectivity index (χ4v) is 1.07. The van der Waals surface area contributed by atoms with Crippen molar-refractivity contribution in [2.24, 2.45) is 11.7 Å². The fourth-order valence-electron chi connectivity index (χ4n) is 1.07. The number of carboxylic acid groups (broad SMARTS) is 2. The monoisotopic (exact) mass is 246 g/mol. The lowest BCUT2D eigenvalue weighted by Crippen LogP contribution is -2.38. The number of hydrogen-bond acceptors (Lipinski definition) is 5. The number of nitrogens with two attached hydrogens (primary N) is 1. The van der Waals surface area contributed by atoms with Gasteiger partial charge < -0.3 is 21.3 Å². The summed E-state index contributed by atoms with van der Waals surface area (Å²) in [5, 5.41) is 19.3. The van der Waals surface area contributed by atoms with Crippen molar-refractivity contribution in [2.75, 3.05) is 13.1 Å². The lowest BCUT2D eigenvalue weighted by Gasteiger charge is -2.10. The van der Waals surface area contributed by atoms with Gasteiger partial charge >= 0.3 is 11.9 Å². The molecule has 17 heavy (non-hydrogen) atoms. The summed E-state index contributed by atoms with van der Waals surface area (Å²) in [6.07, 6.45) is -0.727. The molecule has 0 aromatic rings. The Hall–Kier alpha value is -1.96. The number of amides is 1. The van der Waals surface area contributed by atoms with Crippen LogP contribution in [-0.2, 0) is 19.2 Å². The third kappa shape index (κ3) is 6.25. The molecule has 8 nitrogen and oxygen atoms in total. The quantitative estimate of drug-likeness (QED) is 0.369. The van der Waals surface area contributed by atoms with Crippen LogP contribution >= 0.6 is 0 Å². The van der Waals surface area contributed by atoms with Crippen LogP contribution in [0.3, 0.4) is 0 Å². The average Bonchev–Trinajstić information content (AvgIpc) is 2.25. The summed E-state index contributed by atoms with van der Waals surface area (Å²) < 4.78 is 0. The van der Waals surface area contributed by atoms with Gasteiger partial charge in [-0.05, 0) is 6.42 Å². The van der Waals surface area contributed by atoms with Gasteiger partial charge in [-0.2, -0.15) is 0 Å². The van der Waals surface area contributed by atoms with Crippen molar-refractivity contribution in [2.45, 2.75) is 12.8 Å². The van der Waals surface area contributed by atoms with Crippen LogP contribution in [-0.4, -0.2) is 46.9 Å². The lowest BCUT2D eigenvalue weighted by atomic mass is 9.98. The molecular weight excluding hydrogens is 232 g/mol. The van der Waals surface area contributed by atoms with E-state index in [1.165, 1.54) is 0 Å². The zero-order valence-electron chi connectivity index (χ0n) is 9.01. The highest BCUT2D eigenvalue weighted by Crippen LogP contribution is 2.08. The van der Waals surface area contributed by atoms with Gasteiger partial charge in [0.1, 0.15) is 5.92 Å². The van der Waals surface area contributed by atoms with Crippen molar-refractivity contribution in [3.8, 4) is 0 Å². The van der Waals surface area contributed by atoms with Gasteiger partial charge in [0.25, 0.3) is 0 Å². The Balaban J connectivity index is 4.29. The third-order valence-electron chi connectivity index (χ3n) is 1.98. The van der Waals surface area contributed by atoms with E-state index < -0.39 is 42.5 Å². The average molecular weight is 246 g/mol. The molecule has 0 bridgehead atoms. The largest absolute Gasteiger partial charge is 0.481 e. The number of aliphatic carboxylic acids is 2. The van der Waals surface area contributed by atoms with Gasteiger partial charge in [0, 0.05) is 6.42 Å². The Morgan fingerprint density at radius 1 is 1.18 bits per heavy atom. The highest BCUT2D eigenvalue weighted by atomic mass is 16.4. The molecule has 1 unspecified atom stereocenters. The molecule has 0 heterocycles. The van der Waals surface area contributed by atoms with Crippen molar-refractivity contribution in [3.63, 3.8) is 0 Å². The molecule has 96 valence electrons. The molecule has 5 N–H and O–H groups in total. The number of nitrogens with one attached hydrogen (secondary N) is 1. The van der Waals surface area contributed by atoms with Crippen LogP contribution in [0.25, 0.3) is 0 Å². The van der Waals surface area contributed by atoms with Crippen LogP contribution < -0.4 is 11.1 Å². The van der Waals surface area contributed by atoms with Crippen LogP contribution in [0.2, 0.25) is 0 Å². The molecule has 1 amide bonds. The van der Waals surface area contributed by atoms with E-state index in [1.807, 2.05) is 0 Å². The Morgan fingerprint density at radius 3 is 2.18 bits per heavy atom. The van der Waals surface area contributed by atoms with Crippen LogP contribution in [0, 0.1) is 5.92 Å². The van der Waals surface area contributed by atoms with E-state index in [-0.39, 0.29) is 13.0 Å². The maximum Gasteiger partial charge on any atom is 0.314 e. The number of rotatable bonds is 8. The van der Waals surface area contributed by atoms with Crippen LogP contribution in [0.15, 0.2) is 0 Å². The minimum absolute atomic E-state index is 0.304. The molecule has 0 aromatic heterocycles. The molecule has 0 saturated heterocycles. The van der Waals surface area contributed by atoms with Crippen LogP contribution in [0.4, 0.5) is 0 Å².